The molecule has 1 saturated heterocycles. The summed E-state index contributed by atoms with van der Waals surface area (Å²) in [6.07, 6.45) is 0.930. The second-order valence-corrected chi connectivity index (χ2v) is 10.1. The van der Waals surface area contributed by atoms with Gasteiger partial charge in [0.05, 0.1) is 16.1 Å². The van der Waals surface area contributed by atoms with Crippen LogP contribution in [-0.4, -0.2) is 64.9 Å². The number of ether oxygens (including phenoxy) is 1. The van der Waals surface area contributed by atoms with E-state index in [-0.39, 0.29) is 16.4 Å². The summed E-state index contributed by atoms with van der Waals surface area (Å²) in [6.45, 7) is 3.05. The molecule has 0 bridgehead atoms. The number of sulfonamides is 1. The van der Waals surface area contributed by atoms with Crippen molar-refractivity contribution in [2.24, 2.45) is 0 Å². The summed E-state index contributed by atoms with van der Waals surface area (Å²) in [5.41, 5.74) is 1.43. The van der Waals surface area contributed by atoms with Gasteiger partial charge in [0.25, 0.3) is 5.91 Å². The molecule has 0 aromatic heterocycles. The van der Waals surface area contributed by atoms with E-state index in [0.717, 1.165) is 30.2 Å². The second kappa shape index (κ2) is 9.70. The molecule has 0 radical (unpaired) electrons. The third-order valence-electron chi connectivity index (χ3n) is 5.52. The molecule has 0 aliphatic carbocycles. The highest BCUT2D eigenvalue weighted by Crippen LogP contribution is 2.29. The fraction of sp³-hybridized carbons (Fsp3) is 0.391. The van der Waals surface area contributed by atoms with Crippen LogP contribution in [0.15, 0.2) is 53.4 Å². The summed E-state index contributed by atoms with van der Waals surface area (Å²) in [4.78, 5) is 29.4. The molecule has 2 aromatic rings. The standard InChI is InChI=1S/C23H29N3O5S/c1-17(22(27)25(4)18-10-6-5-7-11-18)31-23(28)20-16-19(32(29,30)24(2)3)12-13-21(20)26-14-8-9-15-26/h5-7,10-13,16-17H,8-9,14-15H2,1-4H3/t17-/m0/s1. The van der Waals surface area contributed by atoms with E-state index in [1.807, 2.05) is 23.1 Å². The highest BCUT2D eigenvalue weighted by Gasteiger charge is 2.28. The number of carbonyl (C=O) groups is 2. The highest BCUT2D eigenvalue weighted by molar-refractivity contribution is 7.89. The Kier molecular flexibility index (Phi) is 7.20. The van der Waals surface area contributed by atoms with E-state index in [2.05, 4.69) is 0 Å². The molecule has 0 N–H and O–H groups in total. The van der Waals surface area contributed by atoms with Crippen LogP contribution in [0.3, 0.4) is 0 Å². The zero-order valence-corrected chi connectivity index (χ0v) is 19.6. The minimum Gasteiger partial charge on any atom is -0.449 e. The molecule has 1 amide bonds. The van der Waals surface area contributed by atoms with E-state index in [4.69, 9.17) is 4.74 Å². The lowest BCUT2D eigenvalue weighted by atomic mass is 10.1. The summed E-state index contributed by atoms with van der Waals surface area (Å²) < 4.78 is 31.8. The molecule has 0 spiro atoms. The lowest BCUT2D eigenvalue weighted by Crippen LogP contribution is -2.37. The molecule has 1 atom stereocenters. The monoisotopic (exact) mass is 459 g/mol. The molecule has 0 saturated carbocycles. The van der Waals surface area contributed by atoms with Crippen molar-refractivity contribution in [3.8, 4) is 0 Å². The quantitative estimate of drug-likeness (QED) is 0.592. The van der Waals surface area contributed by atoms with Gasteiger partial charge in [0, 0.05) is 39.9 Å². The SMILES string of the molecule is C[C@H](OC(=O)c1cc(S(=O)(=O)N(C)C)ccc1N1CCCC1)C(=O)N(C)c1ccccc1. The largest absolute Gasteiger partial charge is 0.449 e. The number of anilines is 2. The minimum atomic E-state index is -3.74. The summed E-state index contributed by atoms with van der Waals surface area (Å²) >= 11 is 0. The number of nitrogens with zero attached hydrogens (tertiary/aromatic N) is 3. The lowest BCUT2D eigenvalue weighted by molar-refractivity contribution is -0.126. The molecule has 1 fully saturated rings. The van der Waals surface area contributed by atoms with Crippen LogP contribution in [0.1, 0.15) is 30.1 Å². The number of carbonyl (C=O) groups excluding carboxylic acids is 2. The zero-order chi connectivity index (χ0) is 23.5. The van der Waals surface area contributed by atoms with Gasteiger partial charge in [0.1, 0.15) is 0 Å². The molecule has 2 aromatic carbocycles. The first-order valence-corrected chi connectivity index (χ1v) is 11.9. The van der Waals surface area contributed by atoms with Crippen LogP contribution in [0.5, 0.6) is 0 Å². The minimum absolute atomic E-state index is 0.00206. The van der Waals surface area contributed by atoms with Crippen molar-refractivity contribution < 1.29 is 22.7 Å². The van der Waals surface area contributed by atoms with Crippen LogP contribution in [0, 0.1) is 0 Å². The molecule has 32 heavy (non-hydrogen) atoms. The van der Waals surface area contributed by atoms with Crippen molar-refractivity contribution in [1.29, 1.82) is 0 Å². The molecule has 1 heterocycles. The maximum absolute atomic E-state index is 13.1. The maximum Gasteiger partial charge on any atom is 0.341 e. The first kappa shape index (κ1) is 23.7. The third-order valence-corrected chi connectivity index (χ3v) is 7.33. The zero-order valence-electron chi connectivity index (χ0n) is 18.8. The van der Waals surface area contributed by atoms with Gasteiger partial charge in [-0.05, 0) is 50.1 Å². The molecule has 3 rings (SSSR count). The van der Waals surface area contributed by atoms with Gasteiger partial charge in [-0.2, -0.15) is 0 Å². The summed E-state index contributed by atoms with van der Waals surface area (Å²) in [7, 11) is 0.742. The van der Waals surface area contributed by atoms with Crippen molar-refractivity contribution in [1.82, 2.24) is 4.31 Å². The van der Waals surface area contributed by atoms with Gasteiger partial charge < -0.3 is 14.5 Å². The van der Waals surface area contributed by atoms with Gasteiger partial charge in [-0.1, -0.05) is 18.2 Å². The number of hydrogen-bond acceptors (Lipinski definition) is 6. The van der Waals surface area contributed by atoms with Crippen LogP contribution in [0.25, 0.3) is 0 Å². The lowest BCUT2D eigenvalue weighted by Gasteiger charge is -2.24. The van der Waals surface area contributed by atoms with Gasteiger partial charge in [0.15, 0.2) is 6.10 Å². The molecule has 9 heteroatoms. The van der Waals surface area contributed by atoms with Gasteiger partial charge in [-0.25, -0.2) is 17.5 Å². The van der Waals surface area contributed by atoms with Gasteiger partial charge in [0.2, 0.25) is 10.0 Å². The second-order valence-electron chi connectivity index (χ2n) is 7.94. The summed E-state index contributed by atoms with van der Waals surface area (Å²) in [6, 6.07) is 13.5. The molecular weight excluding hydrogens is 430 g/mol. The van der Waals surface area contributed by atoms with Gasteiger partial charge in [-0.3, -0.25) is 4.79 Å². The molecule has 172 valence electrons. The first-order chi connectivity index (χ1) is 15.1. The average molecular weight is 460 g/mol. The first-order valence-electron chi connectivity index (χ1n) is 10.5. The number of esters is 1. The summed E-state index contributed by atoms with van der Waals surface area (Å²) in [5, 5.41) is 0. The van der Waals surface area contributed by atoms with Crippen molar-refractivity contribution in [2.75, 3.05) is 44.0 Å². The van der Waals surface area contributed by atoms with Crippen LogP contribution in [0.2, 0.25) is 0 Å². The Labute approximate surface area is 189 Å². The Bertz CT molecular complexity index is 1080. The van der Waals surface area contributed by atoms with Crippen LogP contribution in [-0.2, 0) is 19.6 Å². The van der Waals surface area contributed by atoms with Crippen LogP contribution in [0.4, 0.5) is 11.4 Å². The number of benzene rings is 2. The van der Waals surface area contributed by atoms with Crippen molar-refractivity contribution in [2.45, 2.75) is 30.8 Å². The highest BCUT2D eigenvalue weighted by atomic mass is 32.2. The number of hydrogen-bond donors (Lipinski definition) is 0. The van der Waals surface area contributed by atoms with E-state index in [9.17, 15) is 18.0 Å². The topological polar surface area (TPSA) is 87.2 Å². The molecule has 8 nitrogen and oxygen atoms in total. The Morgan fingerprint density at radius 2 is 1.62 bits per heavy atom. The summed E-state index contributed by atoms with van der Waals surface area (Å²) in [5.74, 6) is -1.12. The van der Waals surface area contributed by atoms with Crippen molar-refractivity contribution >= 4 is 33.3 Å². The van der Waals surface area contributed by atoms with E-state index < -0.39 is 22.1 Å². The van der Waals surface area contributed by atoms with E-state index in [1.54, 1.807) is 25.2 Å². The van der Waals surface area contributed by atoms with Gasteiger partial charge >= 0.3 is 5.97 Å². The Hall–Kier alpha value is -2.91. The van der Waals surface area contributed by atoms with Gasteiger partial charge in [-0.15, -0.1) is 0 Å². The van der Waals surface area contributed by atoms with Crippen molar-refractivity contribution in [3.05, 3.63) is 54.1 Å². The Balaban J connectivity index is 1.88. The average Bonchev–Trinajstić information content (AvgIpc) is 3.32. The van der Waals surface area contributed by atoms with Crippen LogP contribution < -0.4 is 9.80 Å². The van der Waals surface area contributed by atoms with E-state index >= 15 is 0 Å². The van der Waals surface area contributed by atoms with E-state index in [1.165, 1.54) is 38.1 Å². The maximum atomic E-state index is 13.1. The number of para-hydroxylation sites is 1. The number of likely N-dealkylation sites (N-methyl/N-ethyl adjacent to an activating group) is 1. The molecule has 1 aliphatic heterocycles. The van der Waals surface area contributed by atoms with Crippen molar-refractivity contribution in [3.63, 3.8) is 0 Å². The van der Waals surface area contributed by atoms with Crippen LogP contribution >= 0.6 is 0 Å². The fourth-order valence-electron chi connectivity index (χ4n) is 3.61. The third kappa shape index (κ3) is 4.94. The molecular formula is C23H29N3O5S. The fourth-order valence-corrected chi connectivity index (χ4v) is 4.54. The normalized spacial score (nSPS) is 15.0. The number of rotatable bonds is 7. The Morgan fingerprint density at radius 1 is 1.00 bits per heavy atom. The number of amides is 1. The predicted octanol–water partition coefficient (Wildman–Crippen LogP) is 2.75. The Morgan fingerprint density at radius 3 is 2.22 bits per heavy atom. The predicted molar refractivity (Wildman–Crippen MR) is 123 cm³/mol. The molecule has 1 aliphatic rings. The molecule has 0 unspecified atom stereocenters. The smallest absolute Gasteiger partial charge is 0.341 e. The van der Waals surface area contributed by atoms with E-state index in [0.29, 0.717) is 11.4 Å².